The summed E-state index contributed by atoms with van der Waals surface area (Å²) >= 11 is 0. The molecule has 0 saturated heterocycles. The summed E-state index contributed by atoms with van der Waals surface area (Å²) in [6, 6.07) is 3.34. The van der Waals surface area contributed by atoms with Gasteiger partial charge in [0, 0.05) is 6.54 Å². The van der Waals surface area contributed by atoms with Crippen LogP contribution in [0.5, 0.6) is 5.75 Å². The summed E-state index contributed by atoms with van der Waals surface area (Å²) in [5.41, 5.74) is 3.20. The van der Waals surface area contributed by atoms with E-state index in [1.54, 1.807) is 13.8 Å². The summed E-state index contributed by atoms with van der Waals surface area (Å²) in [6.45, 7) is 3.13. The van der Waals surface area contributed by atoms with Gasteiger partial charge in [0.1, 0.15) is 5.75 Å². The predicted octanol–water partition coefficient (Wildman–Crippen LogP) is 2.64. The minimum absolute atomic E-state index is 0.0241. The number of methoxy groups -OCH3 is 1. The fraction of sp³-hybridized carbons (Fsp3) is 0.462. The van der Waals surface area contributed by atoms with Crippen molar-refractivity contribution in [2.75, 3.05) is 19.0 Å². The largest absolute Gasteiger partial charge is 0.497 e. The third kappa shape index (κ3) is 3.63. The second kappa shape index (κ2) is 5.70. The Hall–Kier alpha value is -1.76. The van der Waals surface area contributed by atoms with Crippen molar-refractivity contribution >= 4 is 11.6 Å². The Labute approximate surface area is 115 Å². The van der Waals surface area contributed by atoms with Crippen LogP contribution in [0.4, 0.5) is 18.9 Å². The number of carbonyl (C=O) groups is 1. The van der Waals surface area contributed by atoms with E-state index in [1.807, 2.05) is 0 Å². The average molecular weight is 290 g/mol. The normalized spacial score (nSPS) is 12.2. The van der Waals surface area contributed by atoms with E-state index in [1.165, 1.54) is 13.2 Å². The van der Waals surface area contributed by atoms with Crippen molar-refractivity contribution in [2.45, 2.75) is 20.0 Å². The van der Waals surface area contributed by atoms with E-state index in [0.29, 0.717) is 0 Å². The number of rotatable bonds is 4. The van der Waals surface area contributed by atoms with E-state index in [4.69, 9.17) is 10.5 Å². The van der Waals surface area contributed by atoms with Gasteiger partial charge in [-0.05, 0) is 32.0 Å². The standard InChI is InChI=1S/C13H17F3N2O2/c1-12(2,7-17)11(19)18-10-5-4-8(20-3)6-9(10)13(14,15)16/h4-6H,7,17H2,1-3H3,(H,18,19). The first kappa shape index (κ1) is 16.3. The quantitative estimate of drug-likeness (QED) is 0.896. The summed E-state index contributed by atoms with van der Waals surface area (Å²) in [5, 5.41) is 2.27. The molecule has 112 valence electrons. The van der Waals surface area contributed by atoms with Gasteiger partial charge in [0.15, 0.2) is 0 Å². The Morgan fingerprint density at radius 2 is 1.95 bits per heavy atom. The summed E-state index contributed by atoms with van der Waals surface area (Å²) in [6.07, 6.45) is -4.59. The third-order valence-corrected chi connectivity index (χ3v) is 2.91. The molecule has 7 heteroatoms. The first-order chi connectivity index (χ1) is 9.11. The van der Waals surface area contributed by atoms with E-state index in [2.05, 4.69) is 5.32 Å². The van der Waals surface area contributed by atoms with Crippen LogP contribution in [-0.4, -0.2) is 19.6 Å². The molecule has 0 unspecified atom stereocenters. The van der Waals surface area contributed by atoms with Crippen LogP contribution in [0.1, 0.15) is 19.4 Å². The zero-order chi connectivity index (χ0) is 15.6. The van der Waals surface area contributed by atoms with Crippen LogP contribution in [-0.2, 0) is 11.0 Å². The second-order valence-electron chi connectivity index (χ2n) is 4.95. The minimum Gasteiger partial charge on any atom is -0.497 e. The average Bonchev–Trinajstić information content (AvgIpc) is 2.37. The van der Waals surface area contributed by atoms with E-state index < -0.39 is 23.1 Å². The van der Waals surface area contributed by atoms with Gasteiger partial charge >= 0.3 is 6.18 Å². The van der Waals surface area contributed by atoms with Gasteiger partial charge in [-0.1, -0.05) is 0 Å². The third-order valence-electron chi connectivity index (χ3n) is 2.91. The van der Waals surface area contributed by atoms with Crippen LogP contribution in [0.3, 0.4) is 0 Å². The van der Waals surface area contributed by atoms with Gasteiger partial charge in [-0.2, -0.15) is 13.2 Å². The summed E-state index contributed by atoms with van der Waals surface area (Å²) in [7, 11) is 1.27. The molecule has 4 nitrogen and oxygen atoms in total. The van der Waals surface area contributed by atoms with E-state index in [9.17, 15) is 18.0 Å². The lowest BCUT2D eigenvalue weighted by molar-refractivity contribution is -0.137. The summed E-state index contributed by atoms with van der Waals surface area (Å²) in [4.78, 5) is 11.9. The number of hydrogen-bond acceptors (Lipinski definition) is 3. The van der Waals surface area contributed by atoms with Crippen LogP contribution in [0, 0.1) is 5.41 Å². The Morgan fingerprint density at radius 1 is 1.35 bits per heavy atom. The molecule has 1 amide bonds. The van der Waals surface area contributed by atoms with Crippen molar-refractivity contribution in [3.8, 4) is 5.75 Å². The molecule has 1 rings (SSSR count). The van der Waals surface area contributed by atoms with Crippen molar-refractivity contribution in [1.29, 1.82) is 0 Å². The maximum Gasteiger partial charge on any atom is 0.418 e. The Balaban J connectivity index is 3.16. The summed E-state index contributed by atoms with van der Waals surface area (Å²) in [5.74, 6) is -0.510. The lowest BCUT2D eigenvalue weighted by Gasteiger charge is -2.23. The Bertz CT molecular complexity index is 499. The van der Waals surface area contributed by atoms with Crippen molar-refractivity contribution in [3.63, 3.8) is 0 Å². The molecule has 0 atom stereocenters. The van der Waals surface area contributed by atoms with Gasteiger partial charge in [0.05, 0.1) is 23.8 Å². The molecule has 0 aliphatic carbocycles. The summed E-state index contributed by atoms with van der Waals surface area (Å²) < 4.78 is 43.7. The monoisotopic (exact) mass is 290 g/mol. The molecule has 0 saturated carbocycles. The number of alkyl halides is 3. The molecule has 0 heterocycles. The predicted molar refractivity (Wildman–Crippen MR) is 69.5 cm³/mol. The van der Waals surface area contributed by atoms with Crippen LogP contribution < -0.4 is 15.8 Å². The molecule has 1 aromatic rings. The van der Waals surface area contributed by atoms with Crippen molar-refractivity contribution in [3.05, 3.63) is 23.8 Å². The molecule has 0 bridgehead atoms. The van der Waals surface area contributed by atoms with E-state index in [0.717, 1.165) is 12.1 Å². The highest BCUT2D eigenvalue weighted by Crippen LogP contribution is 2.37. The number of benzene rings is 1. The Kier molecular flexibility index (Phi) is 4.65. The highest BCUT2D eigenvalue weighted by molar-refractivity contribution is 5.95. The number of carbonyl (C=O) groups excluding carboxylic acids is 1. The topological polar surface area (TPSA) is 64.3 Å². The van der Waals surface area contributed by atoms with Gasteiger partial charge in [-0.25, -0.2) is 0 Å². The molecule has 0 spiro atoms. The molecular formula is C13H17F3N2O2. The lowest BCUT2D eigenvalue weighted by Crippen LogP contribution is -2.37. The molecule has 0 aliphatic heterocycles. The van der Waals surface area contributed by atoms with Crippen molar-refractivity contribution in [1.82, 2.24) is 0 Å². The number of halogens is 3. The molecule has 0 aromatic heterocycles. The van der Waals surface area contributed by atoms with Gasteiger partial charge in [-0.3, -0.25) is 4.79 Å². The van der Waals surface area contributed by atoms with Gasteiger partial charge in [-0.15, -0.1) is 0 Å². The molecular weight excluding hydrogens is 273 g/mol. The first-order valence-corrected chi connectivity index (χ1v) is 5.88. The SMILES string of the molecule is COc1ccc(NC(=O)C(C)(C)CN)c(C(F)(F)F)c1. The number of anilines is 1. The van der Waals surface area contributed by atoms with Crippen molar-refractivity contribution in [2.24, 2.45) is 11.1 Å². The fourth-order valence-electron chi connectivity index (χ4n) is 1.38. The number of hydrogen-bond donors (Lipinski definition) is 2. The first-order valence-electron chi connectivity index (χ1n) is 5.88. The number of nitrogens with one attached hydrogen (secondary N) is 1. The maximum absolute atomic E-state index is 13.0. The van der Waals surface area contributed by atoms with Gasteiger partial charge in [0.25, 0.3) is 0 Å². The second-order valence-corrected chi connectivity index (χ2v) is 4.95. The van der Waals surface area contributed by atoms with E-state index in [-0.39, 0.29) is 18.0 Å². The molecule has 0 fully saturated rings. The lowest BCUT2D eigenvalue weighted by atomic mass is 9.92. The van der Waals surface area contributed by atoms with Crippen molar-refractivity contribution < 1.29 is 22.7 Å². The zero-order valence-electron chi connectivity index (χ0n) is 11.5. The Morgan fingerprint density at radius 3 is 2.40 bits per heavy atom. The fourth-order valence-corrected chi connectivity index (χ4v) is 1.38. The van der Waals surface area contributed by atoms with Crippen LogP contribution >= 0.6 is 0 Å². The van der Waals surface area contributed by atoms with Crippen LogP contribution in [0.2, 0.25) is 0 Å². The zero-order valence-corrected chi connectivity index (χ0v) is 11.5. The van der Waals surface area contributed by atoms with Gasteiger partial charge in [0.2, 0.25) is 5.91 Å². The highest BCUT2D eigenvalue weighted by Gasteiger charge is 2.35. The smallest absolute Gasteiger partial charge is 0.418 e. The van der Waals surface area contributed by atoms with Crippen LogP contribution in [0.25, 0.3) is 0 Å². The molecule has 1 aromatic carbocycles. The molecule has 20 heavy (non-hydrogen) atoms. The molecule has 0 aliphatic rings. The highest BCUT2D eigenvalue weighted by atomic mass is 19.4. The molecule has 0 radical (unpaired) electrons. The van der Waals surface area contributed by atoms with E-state index >= 15 is 0 Å². The number of nitrogens with two attached hydrogens (primary N) is 1. The minimum atomic E-state index is -4.59. The van der Waals surface area contributed by atoms with Gasteiger partial charge < -0.3 is 15.8 Å². The van der Waals surface area contributed by atoms with Crippen LogP contribution in [0.15, 0.2) is 18.2 Å². The maximum atomic E-state index is 13.0. The molecule has 3 N–H and O–H groups in total. The number of ether oxygens (including phenoxy) is 1. The number of amides is 1.